The number of halogens is 2. The number of hydrogen-bond acceptors (Lipinski definition) is 2. The molecule has 28 heavy (non-hydrogen) atoms. The first kappa shape index (κ1) is 18.2. The molecule has 5 heteroatoms. The fourth-order valence-electron chi connectivity index (χ4n) is 3.73. The molecule has 1 heterocycles. The number of carbonyl (C=O) groups excluding carboxylic acids is 1. The van der Waals surface area contributed by atoms with Crippen molar-refractivity contribution in [3.8, 4) is 5.75 Å². The van der Waals surface area contributed by atoms with Crippen molar-refractivity contribution in [3.63, 3.8) is 0 Å². The zero-order chi connectivity index (χ0) is 19.7. The van der Waals surface area contributed by atoms with Gasteiger partial charge in [-0.3, -0.25) is 4.79 Å². The molecule has 142 valence electrons. The van der Waals surface area contributed by atoms with Crippen LogP contribution in [0.4, 0.5) is 8.78 Å². The van der Waals surface area contributed by atoms with Crippen LogP contribution in [0, 0.1) is 11.6 Å². The first-order chi connectivity index (χ1) is 13.6. The van der Waals surface area contributed by atoms with Crippen LogP contribution in [0.15, 0.2) is 66.7 Å². The third-order valence-electron chi connectivity index (χ3n) is 5.14. The second kappa shape index (κ2) is 7.43. The van der Waals surface area contributed by atoms with E-state index < -0.39 is 11.6 Å². The van der Waals surface area contributed by atoms with Crippen molar-refractivity contribution in [3.05, 3.63) is 101 Å². The van der Waals surface area contributed by atoms with Gasteiger partial charge in [-0.15, -0.1) is 0 Å². The Bertz CT molecular complexity index is 1020. The zero-order valence-electron chi connectivity index (χ0n) is 15.4. The van der Waals surface area contributed by atoms with Gasteiger partial charge in [-0.05, 0) is 53.4 Å². The molecule has 0 saturated carbocycles. The van der Waals surface area contributed by atoms with Gasteiger partial charge in [0.1, 0.15) is 5.75 Å². The Morgan fingerprint density at radius 2 is 1.75 bits per heavy atom. The smallest absolute Gasteiger partial charge is 0.254 e. The van der Waals surface area contributed by atoms with Crippen LogP contribution in [0.1, 0.15) is 33.1 Å². The standard InChI is InChI=1S/C23H19F2NO2/c1-28-18-9-6-16(7-10-18)22-19-5-3-2-4-15(19)12-13-26(22)23(27)17-8-11-20(24)21(25)14-17/h2-11,14,22H,12-13H2,1H3. The Morgan fingerprint density at radius 1 is 1.00 bits per heavy atom. The van der Waals surface area contributed by atoms with Crippen LogP contribution in [0.2, 0.25) is 0 Å². The van der Waals surface area contributed by atoms with Gasteiger partial charge in [-0.25, -0.2) is 8.78 Å². The van der Waals surface area contributed by atoms with Crippen LogP contribution >= 0.6 is 0 Å². The van der Waals surface area contributed by atoms with Crippen molar-refractivity contribution < 1.29 is 18.3 Å². The summed E-state index contributed by atoms with van der Waals surface area (Å²) in [7, 11) is 1.60. The summed E-state index contributed by atoms with van der Waals surface area (Å²) in [5.74, 6) is -1.59. The minimum absolute atomic E-state index is 0.136. The van der Waals surface area contributed by atoms with E-state index >= 15 is 0 Å². The number of nitrogens with zero attached hydrogens (tertiary/aromatic N) is 1. The predicted octanol–water partition coefficient (Wildman–Crippen LogP) is 4.76. The van der Waals surface area contributed by atoms with Crippen LogP contribution in [0.5, 0.6) is 5.75 Å². The minimum atomic E-state index is -1.02. The minimum Gasteiger partial charge on any atom is -0.497 e. The van der Waals surface area contributed by atoms with Crippen LogP contribution in [0.3, 0.4) is 0 Å². The number of amides is 1. The van der Waals surface area contributed by atoms with Crippen molar-refractivity contribution in [1.29, 1.82) is 0 Å². The van der Waals surface area contributed by atoms with Gasteiger partial charge < -0.3 is 9.64 Å². The molecule has 0 radical (unpaired) electrons. The average molecular weight is 379 g/mol. The zero-order valence-corrected chi connectivity index (χ0v) is 15.4. The molecule has 0 fully saturated rings. The van der Waals surface area contributed by atoms with Gasteiger partial charge in [-0.2, -0.15) is 0 Å². The van der Waals surface area contributed by atoms with E-state index in [-0.39, 0.29) is 17.5 Å². The summed E-state index contributed by atoms with van der Waals surface area (Å²) in [6, 6.07) is 18.5. The Labute approximate surface area is 162 Å². The first-order valence-corrected chi connectivity index (χ1v) is 9.06. The Hall–Kier alpha value is -3.21. The molecule has 1 atom stereocenters. The molecule has 0 spiro atoms. The summed E-state index contributed by atoms with van der Waals surface area (Å²) in [5, 5.41) is 0. The lowest BCUT2D eigenvalue weighted by Gasteiger charge is -2.38. The molecule has 0 aliphatic carbocycles. The van der Waals surface area contributed by atoms with Crippen LogP contribution in [-0.4, -0.2) is 24.5 Å². The maximum absolute atomic E-state index is 13.7. The van der Waals surface area contributed by atoms with Crippen LogP contribution in [0.25, 0.3) is 0 Å². The number of benzene rings is 3. The van der Waals surface area contributed by atoms with Gasteiger partial charge in [0, 0.05) is 12.1 Å². The Balaban J connectivity index is 1.78. The molecule has 3 aromatic carbocycles. The molecule has 0 saturated heterocycles. The summed E-state index contributed by atoms with van der Waals surface area (Å²) in [6.07, 6.45) is 0.707. The fraction of sp³-hybridized carbons (Fsp3) is 0.174. The van der Waals surface area contributed by atoms with E-state index in [1.165, 1.54) is 11.6 Å². The lowest BCUT2D eigenvalue weighted by molar-refractivity contribution is 0.0694. The largest absolute Gasteiger partial charge is 0.497 e. The van der Waals surface area contributed by atoms with Gasteiger partial charge in [0.05, 0.1) is 13.2 Å². The summed E-state index contributed by atoms with van der Waals surface area (Å²) in [4.78, 5) is 14.9. The van der Waals surface area contributed by atoms with E-state index in [2.05, 4.69) is 6.07 Å². The second-order valence-corrected chi connectivity index (χ2v) is 6.75. The number of carbonyl (C=O) groups is 1. The molecule has 3 aromatic rings. The quantitative estimate of drug-likeness (QED) is 0.657. The van der Waals surface area contributed by atoms with Crippen molar-refractivity contribution in [2.24, 2.45) is 0 Å². The van der Waals surface area contributed by atoms with E-state index in [1.54, 1.807) is 12.0 Å². The van der Waals surface area contributed by atoms with E-state index in [1.807, 2.05) is 42.5 Å². The molecule has 4 rings (SSSR count). The number of methoxy groups -OCH3 is 1. The fourth-order valence-corrected chi connectivity index (χ4v) is 3.73. The van der Waals surface area contributed by atoms with E-state index in [9.17, 15) is 13.6 Å². The highest BCUT2D eigenvalue weighted by Crippen LogP contribution is 2.36. The molecular weight excluding hydrogens is 360 g/mol. The van der Waals surface area contributed by atoms with Gasteiger partial charge in [0.25, 0.3) is 5.91 Å². The third kappa shape index (κ3) is 3.24. The van der Waals surface area contributed by atoms with E-state index in [0.29, 0.717) is 13.0 Å². The lowest BCUT2D eigenvalue weighted by atomic mass is 9.87. The summed E-state index contributed by atoms with van der Waals surface area (Å²) in [6.45, 7) is 0.492. The third-order valence-corrected chi connectivity index (χ3v) is 5.14. The summed E-state index contributed by atoms with van der Waals surface area (Å²) < 4.78 is 32.2. The van der Waals surface area contributed by atoms with Crippen molar-refractivity contribution >= 4 is 5.91 Å². The van der Waals surface area contributed by atoms with Crippen molar-refractivity contribution in [2.75, 3.05) is 13.7 Å². The number of ether oxygens (including phenoxy) is 1. The molecule has 0 bridgehead atoms. The van der Waals surface area contributed by atoms with Crippen LogP contribution in [-0.2, 0) is 6.42 Å². The normalized spacial score (nSPS) is 15.8. The SMILES string of the molecule is COc1ccc(C2c3ccccc3CCN2C(=O)c2ccc(F)c(F)c2)cc1. The van der Waals surface area contributed by atoms with Crippen molar-refractivity contribution in [2.45, 2.75) is 12.5 Å². The van der Waals surface area contributed by atoms with Gasteiger partial charge >= 0.3 is 0 Å². The summed E-state index contributed by atoms with van der Waals surface area (Å²) in [5.41, 5.74) is 3.29. The molecule has 0 aromatic heterocycles. The number of rotatable bonds is 3. The van der Waals surface area contributed by atoms with Gasteiger partial charge in [-0.1, -0.05) is 36.4 Å². The molecule has 0 N–H and O–H groups in total. The molecule has 1 aliphatic heterocycles. The molecule has 1 aliphatic rings. The monoisotopic (exact) mass is 379 g/mol. The Kier molecular flexibility index (Phi) is 4.82. The second-order valence-electron chi connectivity index (χ2n) is 6.75. The van der Waals surface area contributed by atoms with E-state index in [0.717, 1.165) is 29.0 Å². The molecule has 1 amide bonds. The molecule has 3 nitrogen and oxygen atoms in total. The first-order valence-electron chi connectivity index (χ1n) is 9.06. The van der Waals surface area contributed by atoms with Crippen molar-refractivity contribution in [1.82, 2.24) is 4.90 Å². The maximum atomic E-state index is 13.7. The number of hydrogen-bond donors (Lipinski definition) is 0. The highest BCUT2D eigenvalue weighted by Gasteiger charge is 2.32. The van der Waals surface area contributed by atoms with Gasteiger partial charge in [0.2, 0.25) is 0 Å². The lowest BCUT2D eigenvalue weighted by Crippen LogP contribution is -2.40. The molecular formula is C23H19F2NO2. The summed E-state index contributed by atoms with van der Waals surface area (Å²) >= 11 is 0. The Morgan fingerprint density at radius 3 is 2.46 bits per heavy atom. The predicted molar refractivity (Wildman–Crippen MR) is 102 cm³/mol. The van der Waals surface area contributed by atoms with E-state index in [4.69, 9.17) is 4.74 Å². The highest BCUT2D eigenvalue weighted by molar-refractivity contribution is 5.95. The van der Waals surface area contributed by atoms with Crippen LogP contribution < -0.4 is 4.74 Å². The number of fused-ring (bicyclic) bond motifs is 1. The average Bonchev–Trinajstić information content (AvgIpc) is 2.74. The maximum Gasteiger partial charge on any atom is 0.254 e. The van der Waals surface area contributed by atoms with Gasteiger partial charge in [0.15, 0.2) is 11.6 Å². The topological polar surface area (TPSA) is 29.5 Å². The highest BCUT2D eigenvalue weighted by atomic mass is 19.2. The molecule has 1 unspecified atom stereocenters.